The number of hydrogen-bond acceptors (Lipinski definition) is 4. The fraction of sp³-hybridized carbons (Fsp3) is 0.120. The van der Waals surface area contributed by atoms with Crippen molar-refractivity contribution in [1.29, 1.82) is 0 Å². The van der Waals surface area contributed by atoms with Crippen LogP contribution in [0, 0.1) is 0 Å². The Balaban J connectivity index is 1.68. The summed E-state index contributed by atoms with van der Waals surface area (Å²) in [5.41, 5.74) is -1.31. The van der Waals surface area contributed by atoms with Gasteiger partial charge in [0.1, 0.15) is 5.82 Å². The van der Waals surface area contributed by atoms with Crippen molar-refractivity contribution in [2.24, 2.45) is 0 Å². The first-order valence-corrected chi connectivity index (χ1v) is 10.5. The highest BCUT2D eigenvalue weighted by atomic mass is 19.4. The van der Waals surface area contributed by atoms with Crippen LogP contribution in [0.15, 0.2) is 72.8 Å². The summed E-state index contributed by atoms with van der Waals surface area (Å²) in [6.45, 7) is 0.253. The number of anilines is 2. The largest absolute Gasteiger partial charge is 0.417 e. The lowest BCUT2D eigenvalue weighted by Gasteiger charge is -2.24. The normalized spacial score (nSPS) is 13.7. The van der Waals surface area contributed by atoms with E-state index in [1.54, 1.807) is 24.3 Å². The van der Waals surface area contributed by atoms with Crippen LogP contribution in [0.1, 0.15) is 16.7 Å². The molecule has 0 saturated carbocycles. The number of fused-ring (bicyclic) bond motifs is 2. The standard InChI is InChI=1S/C25H16F6N4/c26-24(27,28)16-8-3-1-6-14(16)22-33-18-10-4-2-7-15(18)23(35-22)34-20-12-13-32-19-11-5-9-17(21(19)20)25(29,30)31/h1-12,32H,13H2,(H,33,34,35). The van der Waals surface area contributed by atoms with Crippen LogP contribution < -0.4 is 10.6 Å². The van der Waals surface area contributed by atoms with Crippen molar-refractivity contribution >= 4 is 28.1 Å². The Hall–Kier alpha value is -4.08. The summed E-state index contributed by atoms with van der Waals surface area (Å²) in [5, 5.41) is 6.32. The minimum atomic E-state index is -4.64. The number of rotatable bonds is 3. The molecular weight excluding hydrogens is 470 g/mol. The Morgan fingerprint density at radius 1 is 0.743 bits per heavy atom. The number of aromatic nitrogens is 2. The Morgan fingerprint density at radius 2 is 1.43 bits per heavy atom. The van der Waals surface area contributed by atoms with Gasteiger partial charge >= 0.3 is 12.4 Å². The second kappa shape index (κ2) is 8.30. The van der Waals surface area contributed by atoms with E-state index in [4.69, 9.17) is 0 Å². The molecule has 178 valence electrons. The van der Waals surface area contributed by atoms with Crippen molar-refractivity contribution in [2.45, 2.75) is 12.4 Å². The van der Waals surface area contributed by atoms with Gasteiger partial charge in [-0.3, -0.25) is 0 Å². The van der Waals surface area contributed by atoms with Crippen LogP contribution in [0.4, 0.5) is 37.8 Å². The van der Waals surface area contributed by atoms with Crippen molar-refractivity contribution in [1.82, 2.24) is 9.97 Å². The molecule has 0 saturated heterocycles. The molecule has 4 nitrogen and oxygen atoms in total. The van der Waals surface area contributed by atoms with E-state index in [-0.39, 0.29) is 40.7 Å². The molecule has 0 aliphatic carbocycles. The quantitative estimate of drug-likeness (QED) is 0.301. The van der Waals surface area contributed by atoms with Gasteiger partial charge in [-0.1, -0.05) is 36.4 Å². The molecule has 35 heavy (non-hydrogen) atoms. The van der Waals surface area contributed by atoms with Gasteiger partial charge in [0.25, 0.3) is 0 Å². The van der Waals surface area contributed by atoms with E-state index >= 15 is 0 Å². The van der Waals surface area contributed by atoms with Crippen LogP contribution in [0.3, 0.4) is 0 Å². The van der Waals surface area contributed by atoms with E-state index in [1.165, 1.54) is 36.4 Å². The van der Waals surface area contributed by atoms with Crippen LogP contribution in [-0.2, 0) is 12.4 Å². The number of benzene rings is 3. The van der Waals surface area contributed by atoms with Crippen molar-refractivity contribution in [3.63, 3.8) is 0 Å². The third-order valence-electron chi connectivity index (χ3n) is 5.57. The van der Waals surface area contributed by atoms with Crippen molar-refractivity contribution in [3.05, 3.63) is 89.5 Å². The van der Waals surface area contributed by atoms with Crippen LogP contribution in [0.5, 0.6) is 0 Å². The topological polar surface area (TPSA) is 49.8 Å². The number of nitrogens with one attached hydrogen (secondary N) is 2. The molecule has 0 atom stereocenters. The molecule has 0 unspecified atom stereocenters. The lowest BCUT2D eigenvalue weighted by Crippen LogP contribution is -2.18. The Morgan fingerprint density at radius 3 is 2.20 bits per heavy atom. The fourth-order valence-electron chi connectivity index (χ4n) is 4.05. The average molecular weight is 486 g/mol. The summed E-state index contributed by atoms with van der Waals surface area (Å²) in [6.07, 6.45) is -7.72. The maximum Gasteiger partial charge on any atom is 0.417 e. The summed E-state index contributed by atoms with van der Waals surface area (Å²) in [7, 11) is 0. The molecule has 0 fully saturated rings. The van der Waals surface area contributed by atoms with Crippen LogP contribution in [0.25, 0.3) is 28.0 Å². The molecule has 1 aromatic heterocycles. The maximum atomic E-state index is 13.8. The first kappa shape index (κ1) is 22.7. The monoisotopic (exact) mass is 486 g/mol. The minimum Gasteiger partial charge on any atom is -0.381 e. The highest BCUT2D eigenvalue weighted by molar-refractivity contribution is 5.96. The fourth-order valence-corrected chi connectivity index (χ4v) is 4.05. The number of para-hydroxylation sites is 1. The molecule has 3 aromatic carbocycles. The molecule has 5 rings (SSSR count). The molecule has 2 heterocycles. The summed E-state index contributed by atoms with van der Waals surface area (Å²) < 4.78 is 82.2. The van der Waals surface area contributed by atoms with Gasteiger partial charge in [-0.15, -0.1) is 0 Å². The second-order valence-corrected chi connectivity index (χ2v) is 7.81. The van der Waals surface area contributed by atoms with Gasteiger partial charge in [-0.2, -0.15) is 26.3 Å². The molecule has 1 aliphatic heterocycles. The third kappa shape index (κ3) is 4.27. The van der Waals surface area contributed by atoms with Gasteiger partial charge in [-0.05, 0) is 36.4 Å². The summed E-state index contributed by atoms with van der Waals surface area (Å²) in [6, 6.07) is 15.3. The van der Waals surface area contributed by atoms with E-state index in [2.05, 4.69) is 20.6 Å². The van der Waals surface area contributed by atoms with E-state index in [9.17, 15) is 26.3 Å². The minimum absolute atomic E-state index is 0.0915. The third-order valence-corrected chi connectivity index (χ3v) is 5.57. The maximum absolute atomic E-state index is 13.8. The molecule has 4 aromatic rings. The molecule has 0 bridgehead atoms. The van der Waals surface area contributed by atoms with E-state index in [1.807, 2.05) is 0 Å². The van der Waals surface area contributed by atoms with Crippen LogP contribution in [-0.4, -0.2) is 16.5 Å². The van der Waals surface area contributed by atoms with Crippen LogP contribution >= 0.6 is 0 Å². The SMILES string of the molecule is FC(F)(F)c1ccccc1-c1nc(NC2=CCNc3cccc(C(F)(F)F)c32)c2ccccc2n1. The molecule has 1 aliphatic rings. The van der Waals surface area contributed by atoms with Crippen molar-refractivity contribution < 1.29 is 26.3 Å². The highest BCUT2D eigenvalue weighted by Crippen LogP contribution is 2.41. The molecule has 0 amide bonds. The zero-order valence-corrected chi connectivity index (χ0v) is 17.8. The predicted molar refractivity (Wildman–Crippen MR) is 122 cm³/mol. The van der Waals surface area contributed by atoms with E-state index in [0.29, 0.717) is 10.9 Å². The molecular formula is C25H16F6N4. The molecule has 10 heteroatoms. The van der Waals surface area contributed by atoms with Crippen molar-refractivity contribution in [2.75, 3.05) is 17.2 Å². The van der Waals surface area contributed by atoms with Gasteiger partial charge in [0, 0.05) is 34.4 Å². The zero-order valence-electron chi connectivity index (χ0n) is 17.8. The number of halogens is 6. The summed E-state index contributed by atoms with van der Waals surface area (Å²) in [5.74, 6) is -0.100. The van der Waals surface area contributed by atoms with Gasteiger partial charge < -0.3 is 10.6 Å². The molecule has 2 N–H and O–H groups in total. The van der Waals surface area contributed by atoms with E-state index in [0.717, 1.165) is 12.1 Å². The number of hydrogen-bond donors (Lipinski definition) is 2. The Bertz CT molecular complexity index is 1460. The van der Waals surface area contributed by atoms with Crippen LogP contribution in [0.2, 0.25) is 0 Å². The lowest BCUT2D eigenvalue weighted by atomic mass is 9.98. The molecule has 0 spiro atoms. The summed E-state index contributed by atoms with van der Waals surface area (Å²) in [4.78, 5) is 8.65. The molecule has 0 radical (unpaired) electrons. The first-order valence-electron chi connectivity index (χ1n) is 10.5. The lowest BCUT2D eigenvalue weighted by molar-refractivity contribution is -0.138. The van der Waals surface area contributed by atoms with Gasteiger partial charge in [0.2, 0.25) is 0 Å². The van der Waals surface area contributed by atoms with Crippen molar-refractivity contribution in [3.8, 4) is 11.4 Å². The Labute approximate surface area is 195 Å². The highest BCUT2D eigenvalue weighted by Gasteiger charge is 2.37. The van der Waals surface area contributed by atoms with Gasteiger partial charge in [0.15, 0.2) is 5.82 Å². The second-order valence-electron chi connectivity index (χ2n) is 7.81. The predicted octanol–water partition coefficient (Wildman–Crippen LogP) is 7.21. The number of alkyl halides is 6. The first-order chi connectivity index (χ1) is 16.6. The van der Waals surface area contributed by atoms with E-state index < -0.39 is 23.5 Å². The zero-order chi connectivity index (χ0) is 24.8. The Kier molecular flexibility index (Phi) is 5.38. The summed E-state index contributed by atoms with van der Waals surface area (Å²) >= 11 is 0. The average Bonchev–Trinajstić information content (AvgIpc) is 2.82. The number of nitrogens with zero attached hydrogens (tertiary/aromatic N) is 2. The van der Waals surface area contributed by atoms with Gasteiger partial charge in [-0.25, -0.2) is 9.97 Å². The van der Waals surface area contributed by atoms with Gasteiger partial charge in [0.05, 0.1) is 16.6 Å². The smallest absolute Gasteiger partial charge is 0.381 e.